The van der Waals surface area contributed by atoms with E-state index in [0.29, 0.717) is 9.21 Å². The molecule has 1 saturated heterocycles. The Balaban J connectivity index is 1.72. The van der Waals surface area contributed by atoms with Gasteiger partial charge in [0.05, 0.1) is 29.9 Å². The third kappa shape index (κ3) is 7.06. The lowest BCUT2D eigenvalue weighted by Crippen LogP contribution is -2.62. The van der Waals surface area contributed by atoms with Gasteiger partial charge in [-0.1, -0.05) is 59.6 Å². The SMILES string of the molecule is O=C(O)C[C@H]1O[C@H](c2cccc(Cl)c2)[C@@H](c2ccc(Cl)cc2)N([C@H](CN(c2ccccc2F)S(=O)(=O)C2CC2)C(F)(F)F)C1=O. The molecule has 1 amide bonds. The number of carboxylic acid groups (broad SMARTS) is 1. The number of benzene rings is 3. The van der Waals surface area contributed by atoms with E-state index in [1.165, 1.54) is 60.7 Å². The summed E-state index contributed by atoms with van der Waals surface area (Å²) in [6.45, 7) is -1.40. The maximum atomic E-state index is 15.3. The van der Waals surface area contributed by atoms with Crippen molar-refractivity contribution in [2.45, 2.75) is 55.0 Å². The minimum absolute atomic E-state index is 0.128. The first-order valence-electron chi connectivity index (χ1n) is 13.7. The fourth-order valence-corrected chi connectivity index (χ4v) is 7.57. The van der Waals surface area contributed by atoms with Crippen molar-refractivity contribution in [3.63, 3.8) is 0 Å². The van der Waals surface area contributed by atoms with Gasteiger partial charge in [-0.05, 0) is 60.4 Å². The molecule has 15 heteroatoms. The van der Waals surface area contributed by atoms with Crippen molar-refractivity contribution in [1.29, 1.82) is 0 Å². The second-order valence-electron chi connectivity index (χ2n) is 10.7. The van der Waals surface area contributed by atoms with Gasteiger partial charge in [-0.25, -0.2) is 12.8 Å². The fourth-order valence-electron chi connectivity index (χ4n) is 5.39. The Hall–Kier alpha value is -3.39. The Bertz CT molecular complexity index is 1690. The third-order valence-corrected chi connectivity index (χ3v) is 10.4. The number of hydrogen-bond donors (Lipinski definition) is 1. The van der Waals surface area contributed by atoms with Crippen LogP contribution in [0.5, 0.6) is 0 Å². The summed E-state index contributed by atoms with van der Waals surface area (Å²) in [5.41, 5.74) is -0.257. The summed E-state index contributed by atoms with van der Waals surface area (Å²) in [6, 6.07) is 11.5. The molecule has 0 unspecified atom stereocenters. The summed E-state index contributed by atoms with van der Waals surface area (Å²) in [7, 11) is -4.51. The minimum Gasteiger partial charge on any atom is -0.481 e. The molecule has 2 fully saturated rings. The van der Waals surface area contributed by atoms with Crippen LogP contribution >= 0.6 is 23.2 Å². The molecular formula is C30H26Cl2F4N2O6S. The Kier molecular flexibility index (Phi) is 9.37. The lowest BCUT2D eigenvalue weighted by molar-refractivity contribution is -0.222. The number of para-hydroxylation sites is 1. The average molecular weight is 690 g/mol. The van der Waals surface area contributed by atoms with Crippen LogP contribution in [0, 0.1) is 5.82 Å². The van der Waals surface area contributed by atoms with E-state index in [9.17, 15) is 23.1 Å². The highest BCUT2D eigenvalue weighted by molar-refractivity contribution is 7.93. The van der Waals surface area contributed by atoms with Crippen molar-refractivity contribution in [2.75, 3.05) is 10.8 Å². The third-order valence-electron chi connectivity index (χ3n) is 7.60. The topological polar surface area (TPSA) is 104 Å². The first kappa shape index (κ1) is 33.0. The first-order valence-corrected chi connectivity index (χ1v) is 16.0. The molecule has 1 saturated carbocycles. The van der Waals surface area contributed by atoms with Gasteiger partial charge in [0.25, 0.3) is 5.91 Å². The van der Waals surface area contributed by atoms with E-state index in [-0.39, 0.29) is 34.0 Å². The summed E-state index contributed by atoms with van der Waals surface area (Å²) < 4.78 is 94.3. The Morgan fingerprint density at radius 1 is 1.00 bits per heavy atom. The van der Waals surface area contributed by atoms with Crippen LogP contribution in [0.3, 0.4) is 0 Å². The van der Waals surface area contributed by atoms with E-state index in [0.717, 1.165) is 12.1 Å². The molecule has 0 spiro atoms. The highest BCUT2D eigenvalue weighted by atomic mass is 35.5. The maximum absolute atomic E-state index is 15.3. The number of carbonyl (C=O) groups is 2. The van der Waals surface area contributed by atoms with Gasteiger partial charge in [0, 0.05) is 10.0 Å². The number of hydrogen-bond acceptors (Lipinski definition) is 5. The number of morpholine rings is 1. The second kappa shape index (κ2) is 12.8. The van der Waals surface area contributed by atoms with Crippen LogP contribution in [-0.4, -0.2) is 60.4 Å². The second-order valence-corrected chi connectivity index (χ2v) is 13.7. The number of rotatable bonds is 10. The summed E-state index contributed by atoms with van der Waals surface area (Å²) in [5.74, 6) is -3.93. The van der Waals surface area contributed by atoms with Crippen molar-refractivity contribution < 1.29 is 45.4 Å². The van der Waals surface area contributed by atoms with Gasteiger partial charge in [0.2, 0.25) is 10.0 Å². The summed E-state index contributed by atoms with van der Waals surface area (Å²) >= 11 is 12.3. The number of carbonyl (C=O) groups excluding carboxylic acids is 1. The number of sulfonamides is 1. The minimum atomic E-state index is -5.28. The Morgan fingerprint density at radius 2 is 1.67 bits per heavy atom. The molecule has 3 aromatic carbocycles. The van der Waals surface area contributed by atoms with Gasteiger partial charge in [-0.15, -0.1) is 0 Å². The summed E-state index contributed by atoms with van der Waals surface area (Å²) in [5, 5.41) is 8.95. The molecule has 2 aliphatic rings. The molecule has 1 heterocycles. The molecule has 0 bridgehead atoms. The molecule has 45 heavy (non-hydrogen) atoms. The molecule has 8 nitrogen and oxygen atoms in total. The molecule has 0 radical (unpaired) electrons. The molecule has 0 aromatic heterocycles. The summed E-state index contributed by atoms with van der Waals surface area (Å²) in [6.07, 6.45) is -9.20. The monoisotopic (exact) mass is 688 g/mol. The molecule has 1 aliphatic heterocycles. The largest absolute Gasteiger partial charge is 0.481 e. The van der Waals surface area contributed by atoms with Gasteiger partial charge in [-0.3, -0.25) is 13.9 Å². The highest BCUT2D eigenvalue weighted by Gasteiger charge is 2.56. The van der Waals surface area contributed by atoms with E-state index < -0.39 is 82.1 Å². The van der Waals surface area contributed by atoms with Gasteiger partial charge < -0.3 is 14.7 Å². The molecule has 5 rings (SSSR count). The zero-order chi connectivity index (χ0) is 32.7. The normalized spacial score (nSPS) is 21.4. The predicted octanol–water partition coefficient (Wildman–Crippen LogP) is 6.55. The summed E-state index contributed by atoms with van der Waals surface area (Å²) in [4.78, 5) is 26.1. The lowest BCUT2D eigenvalue weighted by Gasteiger charge is -2.49. The fraction of sp³-hybridized carbons (Fsp3) is 0.333. The van der Waals surface area contributed by atoms with Gasteiger partial charge >= 0.3 is 12.1 Å². The number of alkyl halides is 3. The zero-order valence-electron chi connectivity index (χ0n) is 23.2. The number of halogens is 6. The molecular weight excluding hydrogens is 663 g/mol. The van der Waals surface area contributed by atoms with Crippen LogP contribution in [0.15, 0.2) is 72.8 Å². The number of ether oxygens (including phenoxy) is 1. The molecule has 4 atom stereocenters. The van der Waals surface area contributed by atoms with Crippen molar-refractivity contribution in [3.05, 3.63) is 99.8 Å². The number of nitrogens with zero attached hydrogens (tertiary/aromatic N) is 2. The maximum Gasteiger partial charge on any atom is 0.410 e. The smallest absolute Gasteiger partial charge is 0.410 e. The van der Waals surface area contributed by atoms with Crippen LogP contribution in [-0.2, 0) is 24.3 Å². The van der Waals surface area contributed by atoms with Crippen molar-refractivity contribution in [3.8, 4) is 0 Å². The van der Waals surface area contributed by atoms with Crippen LogP contribution in [0.1, 0.15) is 42.5 Å². The predicted molar refractivity (Wildman–Crippen MR) is 158 cm³/mol. The quantitative estimate of drug-likeness (QED) is 0.243. The number of anilines is 1. The van der Waals surface area contributed by atoms with Crippen molar-refractivity contribution in [2.24, 2.45) is 0 Å². The standard InChI is InChI=1S/C30H26Cl2F4N2O6S/c31-19-10-8-17(9-11-19)27-28(18-4-3-5-20(32)14-18)44-24(15-26(39)40)29(41)38(27)25(30(34,35)36)16-37(45(42,43)21-12-13-21)23-7-2-1-6-22(23)33/h1-11,14,21,24-25,27-28H,12-13,15-16H2,(H,39,40)/t24-,25-,27-,28-/m1/s1. The van der Waals surface area contributed by atoms with Crippen molar-refractivity contribution >= 4 is 50.8 Å². The van der Waals surface area contributed by atoms with Crippen molar-refractivity contribution in [1.82, 2.24) is 4.90 Å². The van der Waals surface area contributed by atoms with E-state index in [1.807, 2.05) is 0 Å². The highest BCUT2D eigenvalue weighted by Crippen LogP contribution is 2.47. The van der Waals surface area contributed by atoms with Gasteiger partial charge in [0.1, 0.15) is 24.1 Å². The Morgan fingerprint density at radius 3 is 2.24 bits per heavy atom. The number of aliphatic carboxylic acids is 1. The molecule has 1 N–H and O–H groups in total. The van der Waals surface area contributed by atoms with Crippen LogP contribution in [0.4, 0.5) is 23.2 Å². The van der Waals surface area contributed by atoms with Gasteiger partial charge in [0.15, 0.2) is 0 Å². The van der Waals surface area contributed by atoms with E-state index in [4.69, 9.17) is 27.9 Å². The molecule has 240 valence electrons. The van der Waals surface area contributed by atoms with Gasteiger partial charge in [-0.2, -0.15) is 13.2 Å². The number of amides is 1. The number of carboxylic acids is 1. The van der Waals surface area contributed by atoms with Crippen LogP contribution in [0.2, 0.25) is 10.0 Å². The van der Waals surface area contributed by atoms with Crippen LogP contribution < -0.4 is 4.31 Å². The first-order chi connectivity index (χ1) is 21.2. The molecule has 3 aromatic rings. The molecule has 1 aliphatic carbocycles. The Labute approximate surface area is 266 Å². The average Bonchev–Trinajstić information content (AvgIpc) is 3.82. The van der Waals surface area contributed by atoms with E-state index in [1.54, 1.807) is 0 Å². The lowest BCUT2D eigenvalue weighted by atomic mass is 9.89. The van der Waals surface area contributed by atoms with E-state index in [2.05, 4.69) is 0 Å². The zero-order valence-corrected chi connectivity index (χ0v) is 25.5. The van der Waals surface area contributed by atoms with E-state index >= 15 is 17.6 Å². The van der Waals surface area contributed by atoms with Crippen LogP contribution in [0.25, 0.3) is 0 Å².